The maximum Gasteiger partial charge on any atom is 0.219 e. The summed E-state index contributed by atoms with van der Waals surface area (Å²) in [6, 6.07) is 8.17. The minimum absolute atomic E-state index is 0.139. The molecule has 1 aromatic carbocycles. The first-order valence-electron chi connectivity index (χ1n) is 6.32. The van der Waals surface area contributed by atoms with Crippen LogP contribution in [0.15, 0.2) is 22.7 Å². The Balaban J connectivity index is 2.00. The predicted octanol–water partition coefficient (Wildman–Crippen LogP) is 2.74. The Morgan fingerprint density at radius 2 is 2.16 bits per heavy atom. The predicted molar refractivity (Wildman–Crippen MR) is 77.8 cm³/mol. The van der Waals surface area contributed by atoms with Gasteiger partial charge >= 0.3 is 0 Å². The molecule has 0 radical (unpaired) electrons. The van der Waals surface area contributed by atoms with Crippen LogP contribution in [0.4, 0.5) is 5.69 Å². The molecule has 5 heteroatoms. The Hall–Kier alpha value is -1.54. The number of carbonyl (C=O) groups is 1. The first-order chi connectivity index (χ1) is 9.10. The second kappa shape index (κ2) is 6.07. The molecule has 0 atom stereocenters. The number of benzene rings is 1. The normalized spacial score (nSPS) is 15.9. The highest BCUT2D eigenvalue weighted by molar-refractivity contribution is 9.10. The lowest BCUT2D eigenvalue weighted by atomic mass is 10.0. The summed E-state index contributed by atoms with van der Waals surface area (Å²) in [5.41, 5.74) is 1.51. The summed E-state index contributed by atoms with van der Waals surface area (Å²) in [5, 5.41) is 12.5. The number of anilines is 1. The maximum absolute atomic E-state index is 11.3. The fraction of sp³-hybridized carbons (Fsp3) is 0.429. The highest BCUT2D eigenvalue weighted by atomic mass is 79.9. The lowest BCUT2D eigenvalue weighted by Crippen LogP contribution is -2.41. The van der Waals surface area contributed by atoms with Crippen LogP contribution in [-0.4, -0.2) is 29.9 Å². The van der Waals surface area contributed by atoms with Crippen molar-refractivity contribution in [2.45, 2.75) is 25.8 Å². The Kier molecular flexibility index (Phi) is 4.43. The van der Waals surface area contributed by atoms with Gasteiger partial charge in [-0.2, -0.15) is 5.26 Å². The van der Waals surface area contributed by atoms with Crippen LogP contribution >= 0.6 is 15.9 Å². The van der Waals surface area contributed by atoms with Crippen LogP contribution in [0.3, 0.4) is 0 Å². The third kappa shape index (κ3) is 3.48. The second-order valence-corrected chi connectivity index (χ2v) is 5.64. The number of carbonyl (C=O) groups excluding carboxylic acids is 1. The zero-order chi connectivity index (χ0) is 13.8. The molecule has 0 spiro atoms. The molecule has 2 rings (SSSR count). The minimum atomic E-state index is 0.139. The molecule has 19 heavy (non-hydrogen) atoms. The molecule has 0 bridgehead atoms. The Morgan fingerprint density at radius 1 is 1.47 bits per heavy atom. The molecule has 1 N–H and O–H groups in total. The van der Waals surface area contributed by atoms with Crippen LogP contribution in [0, 0.1) is 11.3 Å². The van der Waals surface area contributed by atoms with Gasteiger partial charge in [0.15, 0.2) is 0 Å². The number of nitrogens with zero attached hydrogens (tertiary/aromatic N) is 2. The average molecular weight is 322 g/mol. The number of halogens is 1. The molecule has 1 fully saturated rings. The number of rotatable bonds is 2. The van der Waals surface area contributed by atoms with E-state index >= 15 is 0 Å². The lowest BCUT2D eigenvalue weighted by Gasteiger charge is -2.32. The van der Waals surface area contributed by atoms with Gasteiger partial charge in [0.05, 0.1) is 11.3 Å². The van der Waals surface area contributed by atoms with Crippen molar-refractivity contribution in [3.63, 3.8) is 0 Å². The minimum Gasteiger partial charge on any atom is -0.381 e. The summed E-state index contributed by atoms with van der Waals surface area (Å²) in [5.74, 6) is 0.139. The molecule has 0 saturated carbocycles. The first-order valence-corrected chi connectivity index (χ1v) is 7.11. The van der Waals surface area contributed by atoms with Crippen LogP contribution in [-0.2, 0) is 4.79 Å². The highest BCUT2D eigenvalue weighted by Gasteiger charge is 2.21. The van der Waals surface area contributed by atoms with E-state index in [1.165, 1.54) is 0 Å². The van der Waals surface area contributed by atoms with Gasteiger partial charge in [-0.25, -0.2) is 0 Å². The zero-order valence-corrected chi connectivity index (χ0v) is 12.4. The van der Waals surface area contributed by atoms with Crippen LogP contribution in [0.25, 0.3) is 0 Å². The van der Waals surface area contributed by atoms with Gasteiger partial charge < -0.3 is 10.2 Å². The molecule has 0 unspecified atom stereocenters. The van der Waals surface area contributed by atoms with Crippen molar-refractivity contribution in [1.29, 1.82) is 5.26 Å². The third-order valence-corrected chi connectivity index (χ3v) is 3.90. The van der Waals surface area contributed by atoms with E-state index in [2.05, 4.69) is 27.3 Å². The van der Waals surface area contributed by atoms with Gasteiger partial charge in [-0.1, -0.05) is 15.9 Å². The number of amides is 1. The van der Waals surface area contributed by atoms with E-state index < -0.39 is 0 Å². The second-order valence-electron chi connectivity index (χ2n) is 4.73. The largest absolute Gasteiger partial charge is 0.381 e. The summed E-state index contributed by atoms with van der Waals surface area (Å²) in [4.78, 5) is 13.1. The van der Waals surface area contributed by atoms with E-state index in [9.17, 15) is 4.79 Å². The van der Waals surface area contributed by atoms with Crippen molar-refractivity contribution in [2.24, 2.45) is 0 Å². The summed E-state index contributed by atoms with van der Waals surface area (Å²) < 4.78 is 0.904. The fourth-order valence-electron chi connectivity index (χ4n) is 2.29. The van der Waals surface area contributed by atoms with Gasteiger partial charge in [0.2, 0.25) is 5.91 Å². The van der Waals surface area contributed by atoms with Gasteiger partial charge in [-0.15, -0.1) is 0 Å². The van der Waals surface area contributed by atoms with Gasteiger partial charge in [0.1, 0.15) is 6.07 Å². The van der Waals surface area contributed by atoms with E-state index in [0.717, 1.165) is 36.1 Å². The summed E-state index contributed by atoms with van der Waals surface area (Å²) in [6.45, 7) is 3.17. The van der Waals surface area contributed by atoms with E-state index in [-0.39, 0.29) is 5.91 Å². The molecule has 0 aliphatic carbocycles. The molecule has 4 nitrogen and oxygen atoms in total. The first kappa shape index (κ1) is 13.9. The van der Waals surface area contributed by atoms with E-state index in [0.29, 0.717) is 11.6 Å². The van der Waals surface area contributed by atoms with Crippen molar-refractivity contribution >= 4 is 27.5 Å². The van der Waals surface area contributed by atoms with Crippen LogP contribution in [0.2, 0.25) is 0 Å². The smallest absolute Gasteiger partial charge is 0.219 e. The van der Waals surface area contributed by atoms with E-state index in [1.807, 2.05) is 23.1 Å². The van der Waals surface area contributed by atoms with Crippen molar-refractivity contribution in [2.75, 3.05) is 18.4 Å². The van der Waals surface area contributed by atoms with Gasteiger partial charge in [-0.3, -0.25) is 4.79 Å². The molecule has 0 aromatic heterocycles. The Morgan fingerprint density at radius 3 is 2.74 bits per heavy atom. The molecule has 1 amide bonds. The van der Waals surface area contributed by atoms with Crippen LogP contribution in [0.1, 0.15) is 25.3 Å². The summed E-state index contributed by atoms with van der Waals surface area (Å²) in [7, 11) is 0. The zero-order valence-electron chi connectivity index (χ0n) is 10.8. The van der Waals surface area contributed by atoms with Crippen molar-refractivity contribution in [1.82, 2.24) is 4.90 Å². The van der Waals surface area contributed by atoms with E-state index in [1.54, 1.807) is 6.92 Å². The fourth-order valence-corrected chi connectivity index (χ4v) is 2.65. The molecule has 1 heterocycles. The van der Waals surface area contributed by atoms with Crippen molar-refractivity contribution < 1.29 is 4.79 Å². The molecule has 1 aliphatic rings. The summed E-state index contributed by atoms with van der Waals surface area (Å²) in [6.07, 6.45) is 1.83. The Labute approximate surface area is 121 Å². The number of nitriles is 1. The molecule has 1 aromatic rings. The molecule has 1 aliphatic heterocycles. The molecule has 100 valence electrons. The average Bonchev–Trinajstić information content (AvgIpc) is 2.41. The number of hydrogen-bond acceptors (Lipinski definition) is 3. The number of piperidine rings is 1. The van der Waals surface area contributed by atoms with Gasteiger partial charge in [0.25, 0.3) is 0 Å². The van der Waals surface area contributed by atoms with Crippen molar-refractivity contribution in [3.8, 4) is 6.07 Å². The molecule has 1 saturated heterocycles. The van der Waals surface area contributed by atoms with Crippen molar-refractivity contribution in [3.05, 3.63) is 28.2 Å². The topological polar surface area (TPSA) is 56.1 Å². The Bertz CT molecular complexity index is 516. The molecular weight excluding hydrogens is 306 g/mol. The monoisotopic (exact) mass is 321 g/mol. The quantitative estimate of drug-likeness (QED) is 0.911. The number of hydrogen-bond donors (Lipinski definition) is 1. The number of likely N-dealkylation sites (tertiary alicyclic amines) is 1. The standard InChI is InChI=1S/C14H16BrN3O/c1-10(19)18-6-4-13(5-7-18)17-14-3-2-12(15)8-11(14)9-16/h2-3,8,13,17H,4-7H2,1H3. The molecular formula is C14H16BrN3O. The third-order valence-electron chi connectivity index (χ3n) is 3.40. The summed E-state index contributed by atoms with van der Waals surface area (Å²) >= 11 is 3.36. The van der Waals surface area contributed by atoms with Crippen LogP contribution < -0.4 is 5.32 Å². The lowest BCUT2D eigenvalue weighted by molar-refractivity contribution is -0.129. The van der Waals surface area contributed by atoms with E-state index in [4.69, 9.17) is 5.26 Å². The van der Waals surface area contributed by atoms with Gasteiger partial charge in [-0.05, 0) is 31.0 Å². The maximum atomic E-state index is 11.3. The number of nitrogens with one attached hydrogen (secondary N) is 1. The highest BCUT2D eigenvalue weighted by Crippen LogP contribution is 2.23. The van der Waals surface area contributed by atoms with Gasteiger partial charge in [0, 0.05) is 30.5 Å². The SMILES string of the molecule is CC(=O)N1CCC(Nc2ccc(Br)cc2C#N)CC1. The van der Waals surface area contributed by atoms with Crippen LogP contribution in [0.5, 0.6) is 0 Å².